The van der Waals surface area contributed by atoms with Gasteiger partial charge in [-0.3, -0.25) is 24.8 Å². The Hall–Kier alpha value is -4.11. The first-order valence-corrected chi connectivity index (χ1v) is 10.4. The number of non-ortho nitro benzene ring substituents is 1. The number of hydrogen-bond donors (Lipinski definition) is 0. The molecule has 160 valence electrons. The normalized spacial score (nSPS) is 11.0. The third-order valence-electron chi connectivity index (χ3n) is 4.67. The highest BCUT2D eigenvalue weighted by Gasteiger charge is 2.19. The van der Waals surface area contributed by atoms with Crippen LogP contribution in [0.5, 0.6) is 5.75 Å². The highest BCUT2D eigenvalue weighted by atomic mass is 32.1. The number of rotatable bonds is 7. The molecule has 0 bridgehead atoms. The van der Waals surface area contributed by atoms with Crippen molar-refractivity contribution in [3.63, 3.8) is 0 Å². The van der Waals surface area contributed by atoms with Gasteiger partial charge in [-0.15, -0.1) is 0 Å². The van der Waals surface area contributed by atoms with Crippen molar-refractivity contribution < 1.29 is 14.5 Å². The molecule has 2 aromatic heterocycles. The molecule has 0 aliphatic rings. The molecule has 0 radical (unpaired) electrons. The maximum atomic E-state index is 13.1. The number of carbonyl (C=O) groups excluding carboxylic acids is 1. The summed E-state index contributed by atoms with van der Waals surface area (Å²) >= 11 is 1.39. The molecular weight excluding hydrogens is 428 g/mol. The van der Waals surface area contributed by atoms with Crippen molar-refractivity contribution in [1.82, 2.24) is 9.97 Å². The van der Waals surface area contributed by atoms with Gasteiger partial charge in [0.05, 0.1) is 28.8 Å². The molecule has 0 saturated heterocycles. The average molecular weight is 446 g/mol. The lowest BCUT2D eigenvalue weighted by Crippen LogP contribution is -2.28. The third-order valence-corrected chi connectivity index (χ3v) is 5.71. The van der Waals surface area contributed by atoms with E-state index in [1.165, 1.54) is 29.5 Å². The van der Waals surface area contributed by atoms with Crippen LogP contribution in [0.2, 0.25) is 0 Å². The smallest absolute Gasteiger partial charge is 0.269 e. The number of nitro benzene ring substituents is 1. The van der Waals surface area contributed by atoms with Crippen LogP contribution in [-0.4, -0.2) is 27.9 Å². The van der Waals surface area contributed by atoms with Crippen molar-refractivity contribution in [3.8, 4) is 5.75 Å². The number of nitro groups is 1. The van der Waals surface area contributed by atoms with Crippen molar-refractivity contribution >= 4 is 44.4 Å². The lowest BCUT2D eigenvalue weighted by Gasteiger charge is -2.18. The molecule has 0 aliphatic carbocycles. The van der Waals surface area contributed by atoms with E-state index in [9.17, 15) is 14.9 Å². The topological polar surface area (TPSA) is 98.5 Å². The van der Waals surface area contributed by atoms with Crippen LogP contribution in [0.4, 0.5) is 10.8 Å². The maximum absolute atomic E-state index is 13.1. The molecule has 0 N–H and O–H groups in total. The fourth-order valence-electron chi connectivity index (χ4n) is 3.01. The Morgan fingerprint density at radius 3 is 2.72 bits per heavy atom. The van der Waals surface area contributed by atoms with Gasteiger partial charge in [0, 0.05) is 30.6 Å². The zero-order chi connectivity index (χ0) is 22.5. The Balaban J connectivity index is 1.64. The minimum atomic E-state index is -0.462. The molecule has 0 atom stereocenters. The van der Waals surface area contributed by atoms with E-state index in [0.29, 0.717) is 17.2 Å². The van der Waals surface area contributed by atoms with Crippen molar-refractivity contribution in [2.24, 2.45) is 0 Å². The summed E-state index contributed by atoms with van der Waals surface area (Å²) in [6, 6.07) is 15.3. The van der Waals surface area contributed by atoms with Gasteiger partial charge in [-0.2, -0.15) is 0 Å². The molecule has 0 aliphatic heterocycles. The first kappa shape index (κ1) is 21.1. The summed E-state index contributed by atoms with van der Waals surface area (Å²) in [6.45, 7) is 0.300. The second kappa shape index (κ2) is 9.36. The summed E-state index contributed by atoms with van der Waals surface area (Å²) in [5.41, 5.74) is 2.31. The highest BCUT2D eigenvalue weighted by Crippen LogP contribution is 2.32. The summed E-state index contributed by atoms with van der Waals surface area (Å²) in [7, 11) is 1.60. The van der Waals surface area contributed by atoms with Crippen LogP contribution in [0, 0.1) is 10.1 Å². The van der Waals surface area contributed by atoms with Gasteiger partial charge in [0.2, 0.25) is 0 Å². The summed E-state index contributed by atoms with van der Waals surface area (Å²) in [5.74, 6) is 0.453. The molecule has 32 heavy (non-hydrogen) atoms. The number of carbonyl (C=O) groups is 1. The van der Waals surface area contributed by atoms with Crippen LogP contribution >= 0.6 is 11.3 Å². The number of methoxy groups -OCH3 is 1. The first-order chi connectivity index (χ1) is 15.5. The minimum absolute atomic E-state index is 0.00316. The summed E-state index contributed by atoms with van der Waals surface area (Å²) in [4.78, 5) is 33.8. The zero-order valence-corrected chi connectivity index (χ0v) is 17.9. The maximum Gasteiger partial charge on any atom is 0.269 e. The van der Waals surface area contributed by atoms with Crippen molar-refractivity contribution in [3.05, 3.63) is 94.3 Å². The van der Waals surface area contributed by atoms with Crippen LogP contribution in [0.15, 0.2) is 73.1 Å². The molecule has 9 heteroatoms. The second-order valence-electron chi connectivity index (χ2n) is 6.80. The second-order valence-corrected chi connectivity index (χ2v) is 7.81. The number of thiazole rings is 1. The predicted octanol–water partition coefficient (Wildman–Crippen LogP) is 4.85. The van der Waals surface area contributed by atoms with E-state index in [0.717, 1.165) is 21.5 Å². The Morgan fingerprint density at radius 1 is 1.22 bits per heavy atom. The van der Waals surface area contributed by atoms with Crippen LogP contribution in [0.3, 0.4) is 0 Å². The number of amides is 1. The summed E-state index contributed by atoms with van der Waals surface area (Å²) < 4.78 is 6.19. The van der Waals surface area contributed by atoms with Crippen molar-refractivity contribution in [2.45, 2.75) is 6.54 Å². The van der Waals surface area contributed by atoms with E-state index in [4.69, 9.17) is 4.74 Å². The molecule has 1 amide bonds. The number of hydrogen-bond acceptors (Lipinski definition) is 7. The number of pyridine rings is 1. The molecule has 4 aromatic rings. The molecule has 4 rings (SSSR count). The van der Waals surface area contributed by atoms with E-state index in [1.54, 1.807) is 42.6 Å². The van der Waals surface area contributed by atoms with Gasteiger partial charge < -0.3 is 4.74 Å². The standard InChI is InChI=1S/C23H18N4O4S/c1-31-19-9-10-20-21(13-19)32-23(25-20)26(15-17-3-2-12-24-14-17)22(28)11-6-16-4-7-18(8-5-16)27(29)30/h2-14H,15H2,1H3/b11-6-. The number of fused-ring (bicyclic) bond motifs is 1. The fourth-order valence-corrected chi connectivity index (χ4v) is 4.01. The van der Waals surface area contributed by atoms with Gasteiger partial charge in [0.25, 0.3) is 11.6 Å². The van der Waals surface area contributed by atoms with Gasteiger partial charge in [-0.1, -0.05) is 17.4 Å². The van der Waals surface area contributed by atoms with Crippen LogP contribution in [0.1, 0.15) is 11.1 Å². The SMILES string of the molecule is COc1ccc2nc(N(Cc3cccnc3)C(=O)/C=C\c3ccc([N+](=O)[O-])cc3)sc2c1. The molecule has 8 nitrogen and oxygen atoms in total. The zero-order valence-electron chi connectivity index (χ0n) is 17.0. The van der Waals surface area contributed by atoms with Crippen LogP contribution in [0.25, 0.3) is 16.3 Å². The Morgan fingerprint density at radius 2 is 2.03 bits per heavy atom. The van der Waals surface area contributed by atoms with Crippen molar-refractivity contribution in [2.75, 3.05) is 12.0 Å². The molecule has 0 unspecified atom stereocenters. The van der Waals surface area contributed by atoms with Crippen LogP contribution in [-0.2, 0) is 11.3 Å². The Labute approximate surface area is 187 Å². The number of benzene rings is 2. The Bertz CT molecular complexity index is 1290. The van der Waals surface area contributed by atoms with E-state index in [-0.39, 0.29) is 11.6 Å². The Kier molecular flexibility index (Phi) is 6.18. The number of ether oxygens (including phenoxy) is 1. The van der Waals surface area contributed by atoms with Gasteiger partial charge in [-0.25, -0.2) is 4.98 Å². The van der Waals surface area contributed by atoms with Gasteiger partial charge in [0.15, 0.2) is 5.13 Å². The van der Waals surface area contributed by atoms with E-state index < -0.39 is 4.92 Å². The lowest BCUT2D eigenvalue weighted by atomic mass is 10.2. The van der Waals surface area contributed by atoms with E-state index in [1.807, 2.05) is 30.3 Å². The predicted molar refractivity (Wildman–Crippen MR) is 124 cm³/mol. The molecule has 2 aromatic carbocycles. The first-order valence-electron chi connectivity index (χ1n) is 9.61. The van der Waals surface area contributed by atoms with E-state index in [2.05, 4.69) is 9.97 Å². The summed E-state index contributed by atoms with van der Waals surface area (Å²) in [5, 5.41) is 11.4. The monoisotopic (exact) mass is 446 g/mol. The molecule has 0 spiro atoms. The largest absolute Gasteiger partial charge is 0.497 e. The number of aromatic nitrogens is 2. The fraction of sp³-hybridized carbons (Fsp3) is 0.0870. The van der Waals surface area contributed by atoms with E-state index >= 15 is 0 Å². The number of nitrogens with zero attached hydrogens (tertiary/aromatic N) is 4. The molecule has 0 saturated carbocycles. The van der Waals surface area contributed by atoms with Gasteiger partial charge in [-0.05, 0) is 53.6 Å². The molecule has 2 heterocycles. The molecular formula is C23H18N4O4S. The van der Waals surface area contributed by atoms with Gasteiger partial charge in [0.1, 0.15) is 5.75 Å². The van der Waals surface area contributed by atoms with Crippen molar-refractivity contribution in [1.29, 1.82) is 0 Å². The lowest BCUT2D eigenvalue weighted by molar-refractivity contribution is -0.384. The highest BCUT2D eigenvalue weighted by molar-refractivity contribution is 7.22. The van der Waals surface area contributed by atoms with Gasteiger partial charge >= 0.3 is 0 Å². The van der Waals surface area contributed by atoms with Crippen LogP contribution < -0.4 is 9.64 Å². The number of anilines is 1. The third kappa shape index (κ3) is 4.79. The molecule has 0 fully saturated rings. The summed E-state index contributed by atoms with van der Waals surface area (Å²) in [6.07, 6.45) is 6.44. The quantitative estimate of drug-likeness (QED) is 0.229. The minimum Gasteiger partial charge on any atom is -0.497 e. The average Bonchev–Trinajstić information content (AvgIpc) is 3.24.